The van der Waals surface area contributed by atoms with Crippen LogP contribution >= 0.6 is 0 Å². The van der Waals surface area contributed by atoms with Crippen LogP contribution in [0.25, 0.3) is 11.0 Å². The Labute approximate surface area is 116 Å². The Kier molecular flexibility index (Phi) is 4.24. The van der Waals surface area contributed by atoms with Gasteiger partial charge in [-0.2, -0.15) is 0 Å². The van der Waals surface area contributed by atoms with Gasteiger partial charge in [0.2, 0.25) is 5.91 Å². The molecule has 0 aliphatic rings. The van der Waals surface area contributed by atoms with E-state index in [2.05, 4.69) is 20.0 Å². The third-order valence-electron chi connectivity index (χ3n) is 2.77. The minimum atomic E-state index is -0.757. The van der Waals surface area contributed by atoms with E-state index in [1.165, 1.54) is 14.0 Å². The molecular weight excluding hydrogens is 258 g/mol. The lowest BCUT2D eigenvalue weighted by Crippen LogP contribution is -2.42. The molecule has 2 aromatic rings. The molecule has 0 aliphatic carbocycles. The lowest BCUT2D eigenvalue weighted by molar-refractivity contribution is -0.144. The Morgan fingerprint density at radius 3 is 2.65 bits per heavy atom. The number of rotatable bonds is 4. The molecule has 1 aromatic carbocycles. The van der Waals surface area contributed by atoms with Crippen LogP contribution in [-0.4, -0.2) is 35.0 Å². The second-order valence-electron chi connectivity index (χ2n) is 4.33. The first kappa shape index (κ1) is 13.9. The number of carbonyl (C=O) groups is 2. The second kappa shape index (κ2) is 6.10. The molecule has 0 spiro atoms. The summed E-state index contributed by atoms with van der Waals surface area (Å²) in [5.41, 5.74) is 2.15. The van der Waals surface area contributed by atoms with Crippen LogP contribution in [0.4, 0.5) is 0 Å². The number of fused-ring (bicyclic) bond motifs is 1. The summed E-state index contributed by atoms with van der Waals surface area (Å²) in [6, 6.07) is 6.69. The molecule has 0 bridgehead atoms. The van der Waals surface area contributed by atoms with Gasteiger partial charge in [0.15, 0.2) is 0 Å². The maximum absolute atomic E-state index is 11.6. The molecule has 1 N–H and O–H groups in total. The van der Waals surface area contributed by atoms with Crippen molar-refractivity contribution in [2.45, 2.75) is 19.4 Å². The highest BCUT2D eigenvalue weighted by molar-refractivity contribution is 5.83. The summed E-state index contributed by atoms with van der Waals surface area (Å²) in [6.45, 7) is 1.35. The number of nitrogens with zero attached hydrogens (tertiary/aromatic N) is 2. The molecule has 6 heteroatoms. The van der Waals surface area contributed by atoms with Gasteiger partial charge in [-0.15, -0.1) is 0 Å². The number of esters is 1. The van der Waals surface area contributed by atoms with Gasteiger partial charge in [0, 0.05) is 19.5 Å². The first-order chi connectivity index (χ1) is 9.60. The van der Waals surface area contributed by atoms with Crippen LogP contribution in [-0.2, 0) is 20.7 Å². The fourth-order valence-corrected chi connectivity index (χ4v) is 1.88. The quantitative estimate of drug-likeness (QED) is 0.835. The molecule has 1 atom stereocenters. The van der Waals surface area contributed by atoms with E-state index in [0.29, 0.717) is 5.69 Å². The lowest BCUT2D eigenvalue weighted by atomic mass is 10.1. The Hall–Kier alpha value is -2.50. The highest BCUT2D eigenvalue weighted by Gasteiger charge is 2.21. The van der Waals surface area contributed by atoms with Crippen LogP contribution in [0.15, 0.2) is 30.5 Å². The Morgan fingerprint density at radius 2 is 2.00 bits per heavy atom. The van der Waals surface area contributed by atoms with Gasteiger partial charge in [0.25, 0.3) is 0 Å². The van der Waals surface area contributed by atoms with Gasteiger partial charge < -0.3 is 10.1 Å². The molecule has 6 nitrogen and oxygen atoms in total. The van der Waals surface area contributed by atoms with E-state index in [-0.39, 0.29) is 12.3 Å². The number of carbonyl (C=O) groups excluding carboxylic acids is 2. The summed E-state index contributed by atoms with van der Waals surface area (Å²) in [7, 11) is 1.28. The Balaban J connectivity index is 2.23. The maximum Gasteiger partial charge on any atom is 0.328 e. The predicted octanol–water partition coefficient (Wildman–Crippen LogP) is 0.850. The molecule has 1 aromatic heterocycles. The molecule has 0 fully saturated rings. The van der Waals surface area contributed by atoms with E-state index in [1.54, 1.807) is 6.20 Å². The molecular formula is C14H15N3O3. The van der Waals surface area contributed by atoms with Crippen LogP contribution in [0.5, 0.6) is 0 Å². The van der Waals surface area contributed by atoms with E-state index < -0.39 is 12.0 Å². The Bertz CT molecular complexity index is 642. The topological polar surface area (TPSA) is 81.2 Å². The average Bonchev–Trinajstić information content (AvgIpc) is 2.45. The predicted molar refractivity (Wildman–Crippen MR) is 72.9 cm³/mol. The number of aromatic nitrogens is 2. The standard InChI is InChI=1S/C14H15N3O3/c1-9(18)16-13(14(19)20-2)7-10-8-15-11-5-3-4-6-12(11)17-10/h3-6,8,13H,7H2,1-2H3,(H,16,18)/t13-/m1/s1. The van der Waals surface area contributed by atoms with E-state index in [1.807, 2.05) is 24.3 Å². The van der Waals surface area contributed by atoms with Gasteiger partial charge in [-0.3, -0.25) is 9.78 Å². The number of amides is 1. The molecule has 1 amide bonds. The monoisotopic (exact) mass is 273 g/mol. The molecule has 0 unspecified atom stereocenters. The molecule has 2 rings (SSSR count). The fraction of sp³-hybridized carbons (Fsp3) is 0.286. The van der Waals surface area contributed by atoms with Crippen LogP contribution in [0, 0.1) is 0 Å². The van der Waals surface area contributed by atoms with Crippen LogP contribution in [0.2, 0.25) is 0 Å². The third kappa shape index (κ3) is 3.28. The van der Waals surface area contributed by atoms with Gasteiger partial charge in [-0.25, -0.2) is 9.78 Å². The summed E-state index contributed by atoms with van der Waals surface area (Å²) in [5, 5.41) is 2.55. The minimum Gasteiger partial charge on any atom is -0.467 e. The normalized spacial score (nSPS) is 11.9. The third-order valence-corrected chi connectivity index (χ3v) is 2.77. The summed E-state index contributed by atoms with van der Waals surface area (Å²) in [5.74, 6) is -0.802. The van der Waals surface area contributed by atoms with Crippen molar-refractivity contribution < 1.29 is 14.3 Å². The zero-order chi connectivity index (χ0) is 14.5. The molecule has 0 radical (unpaired) electrons. The largest absolute Gasteiger partial charge is 0.467 e. The van der Waals surface area contributed by atoms with Crippen molar-refractivity contribution in [3.05, 3.63) is 36.2 Å². The van der Waals surface area contributed by atoms with Crippen molar-refractivity contribution in [2.75, 3.05) is 7.11 Å². The number of para-hydroxylation sites is 2. The molecule has 0 saturated heterocycles. The number of methoxy groups -OCH3 is 1. The van der Waals surface area contributed by atoms with Crippen molar-refractivity contribution in [1.29, 1.82) is 0 Å². The SMILES string of the molecule is COC(=O)[C@@H](Cc1cnc2ccccc2n1)NC(C)=O. The van der Waals surface area contributed by atoms with E-state index >= 15 is 0 Å². The fourth-order valence-electron chi connectivity index (χ4n) is 1.88. The van der Waals surface area contributed by atoms with Crippen molar-refractivity contribution >= 4 is 22.9 Å². The summed E-state index contributed by atoms with van der Waals surface area (Å²) in [4.78, 5) is 31.4. The van der Waals surface area contributed by atoms with Gasteiger partial charge in [0.1, 0.15) is 6.04 Å². The summed E-state index contributed by atoms with van der Waals surface area (Å²) >= 11 is 0. The lowest BCUT2D eigenvalue weighted by Gasteiger charge is -2.14. The minimum absolute atomic E-state index is 0.240. The maximum atomic E-state index is 11.6. The van der Waals surface area contributed by atoms with Crippen LogP contribution < -0.4 is 5.32 Å². The van der Waals surface area contributed by atoms with Crippen LogP contribution in [0.3, 0.4) is 0 Å². The van der Waals surface area contributed by atoms with Crippen molar-refractivity contribution in [3.63, 3.8) is 0 Å². The van der Waals surface area contributed by atoms with Gasteiger partial charge in [0.05, 0.1) is 23.8 Å². The van der Waals surface area contributed by atoms with Gasteiger partial charge in [-0.1, -0.05) is 12.1 Å². The molecule has 20 heavy (non-hydrogen) atoms. The first-order valence-corrected chi connectivity index (χ1v) is 6.15. The zero-order valence-corrected chi connectivity index (χ0v) is 11.3. The molecule has 1 heterocycles. The van der Waals surface area contributed by atoms with E-state index in [4.69, 9.17) is 0 Å². The number of ether oxygens (including phenoxy) is 1. The first-order valence-electron chi connectivity index (χ1n) is 6.15. The number of hydrogen-bond acceptors (Lipinski definition) is 5. The van der Waals surface area contributed by atoms with Gasteiger partial charge >= 0.3 is 5.97 Å². The average molecular weight is 273 g/mol. The van der Waals surface area contributed by atoms with E-state index in [0.717, 1.165) is 11.0 Å². The van der Waals surface area contributed by atoms with E-state index in [9.17, 15) is 9.59 Å². The second-order valence-corrected chi connectivity index (χ2v) is 4.33. The molecule has 0 aliphatic heterocycles. The van der Waals surface area contributed by atoms with Crippen molar-refractivity contribution in [1.82, 2.24) is 15.3 Å². The zero-order valence-electron chi connectivity index (χ0n) is 11.3. The smallest absolute Gasteiger partial charge is 0.328 e. The van der Waals surface area contributed by atoms with Crippen molar-refractivity contribution in [2.24, 2.45) is 0 Å². The van der Waals surface area contributed by atoms with Crippen LogP contribution in [0.1, 0.15) is 12.6 Å². The van der Waals surface area contributed by atoms with Gasteiger partial charge in [-0.05, 0) is 12.1 Å². The highest BCUT2D eigenvalue weighted by Crippen LogP contribution is 2.10. The molecule has 104 valence electrons. The number of benzene rings is 1. The Morgan fingerprint density at radius 1 is 1.30 bits per heavy atom. The van der Waals surface area contributed by atoms with Crippen molar-refractivity contribution in [3.8, 4) is 0 Å². The highest BCUT2D eigenvalue weighted by atomic mass is 16.5. The summed E-state index contributed by atoms with van der Waals surface area (Å²) < 4.78 is 4.67. The number of hydrogen-bond donors (Lipinski definition) is 1. The molecule has 0 saturated carbocycles. The number of nitrogens with one attached hydrogen (secondary N) is 1. The summed E-state index contributed by atoms with van der Waals surface area (Å²) in [6.07, 6.45) is 1.84.